The molecule has 2 heterocycles. The van der Waals surface area contributed by atoms with Crippen LogP contribution in [0.5, 0.6) is 0 Å². The van der Waals surface area contributed by atoms with Crippen LogP contribution in [-0.4, -0.2) is 56.2 Å². The highest BCUT2D eigenvalue weighted by molar-refractivity contribution is 8.00. The van der Waals surface area contributed by atoms with E-state index in [9.17, 15) is 4.79 Å². The van der Waals surface area contributed by atoms with Crippen molar-refractivity contribution in [2.24, 2.45) is 0 Å². The van der Waals surface area contributed by atoms with Gasteiger partial charge in [0.15, 0.2) is 5.82 Å². The van der Waals surface area contributed by atoms with Crippen LogP contribution in [-0.2, 0) is 16.0 Å². The molecule has 1 aliphatic heterocycles. The molecule has 1 amide bonds. The van der Waals surface area contributed by atoms with Crippen molar-refractivity contribution in [3.8, 4) is 0 Å². The van der Waals surface area contributed by atoms with Gasteiger partial charge < -0.3 is 15.5 Å². The summed E-state index contributed by atoms with van der Waals surface area (Å²) in [6.07, 6.45) is 0.660. The van der Waals surface area contributed by atoms with Gasteiger partial charge in [-0.2, -0.15) is 0 Å². The highest BCUT2D eigenvalue weighted by atomic mass is 32.2. The number of aromatic nitrogens is 3. The number of ether oxygens (including phenoxy) is 1. The van der Waals surface area contributed by atoms with Crippen LogP contribution >= 0.6 is 11.8 Å². The van der Waals surface area contributed by atoms with Gasteiger partial charge in [0.05, 0.1) is 17.5 Å². The Morgan fingerprint density at radius 2 is 1.87 bits per heavy atom. The zero-order chi connectivity index (χ0) is 21.3. The van der Waals surface area contributed by atoms with E-state index in [1.807, 2.05) is 43.9 Å². The molecule has 7 nitrogen and oxygen atoms in total. The summed E-state index contributed by atoms with van der Waals surface area (Å²) in [5, 5.41) is 11.1. The minimum atomic E-state index is -0.306. The number of rotatable bonds is 5. The second kappa shape index (κ2) is 8.65. The Bertz CT molecular complexity index is 1040. The largest absolute Gasteiger partial charge is 0.372 e. The number of hydrogen-bond donors (Lipinski definition) is 1. The lowest BCUT2D eigenvalue weighted by atomic mass is 10.0. The Morgan fingerprint density at radius 1 is 1.17 bits per heavy atom. The van der Waals surface area contributed by atoms with Crippen LogP contribution in [0.2, 0.25) is 0 Å². The molecule has 1 aromatic heterocycles. The van der Waals surface area contributed by atoms with Gasteiger partial charge in [-0.3, -0.25) is 4.79 Å². The summed E-state index contributed by atoms with van der Waals surface area (Å²) in [6, 6.07) is 14.5. The first-order valence-electron chi connectivity index (χ1n) is 10.2. The highest BCUT2D eigenvalue weighted by Crippen LogP contribution is 2.25. The monoisotopic (exact) mass is 425 g/mol. The van der Waals surface area contributed by atoms with Crippen LogP contribution in [0.15, 0.2) is 47.6 Å². The standard InChI is InChI=1S/C22H27N5O2S/c1-14-12-26(13-15(2)29-14)21(28)16(3)30-22-25-24-20(27(22)23)11-18-9-6-8-17-7-4-5-10-19(17)18/h4-10,14-16H,11-13,23H2,1-3H3/t14-,15-,16-/m1/s1. The van der Waals surface area contributed by atoms with Crippen molar-refractivity contribution in [2.45, 2.75) is 49.8 Å². The molecule has 1 fully saturated rings. The third-order valence-electron chi connectivity index (χ3n) is 5.32. The number of thioether (sulfide) groups is 1. The normalized spacial score (nSPS) is 20.4. The van der Waals surface area contributed by atoms with Crippen LogP contribution in [0, 0.1) is 0 Å². The first-order chi connectivity index (χ1) is 14.4. The maximum Gasteiger partial charge on any atom is 0.236 e. The molecular weight excluding hydrogens is 398 g/mol. The van der Waals surface area contributed by atoms with Crippen LogP contribution < -0.4 is 5.84 Å². The number of carbonyl (C=O) groups is 1. The zero-order valence-corrected chi connectivity index (χ0v) is 18.3. The van der Waals surface area contributed by atoms with Crippen molar-refractivity contribution in [3.63, 3.8) is 0 Å². The molecule has 8 heteroatoms. The molecule has 0 radical (unpaired) electrons. The molecular formula is C22H27N5O2S. The highest BCUT2D eigenvalue weighted by Gasteiger charge is 2.30. The van der Waals surface area contributed by atoms with E-state index in [-0.39, 0.29) is 23.4 Å². The number of nitrogen functional groups attached to an aromatic ring is 1. The first-order valence-corrected chi connectivity index (χ1v) is 11.1. The third kappa shape index (κ3) is 4.29. The Balaban J connectivity index is 1.47. The number of nitrogens with two attached hydrogens (primary N) is 1. The third-order valence-corrected chi connectivity index (χ3v) is 6.37. The molecule has 158 valence electrons. The molecule has 1 aliphatic rings. The van der Waals surface area contributed by atoms with Gasteiger partial charge in [0.25, 0.3) is 0 Å². The second-order valence-electron chi connectivity index (χ2n) is 7.84. The average Bonchev–Trinajstić information content (AvgIpc) is 3.06. The fraction of sp³-hybridized carbons (Fsp3) is 0.409. The van der Waals surface area contributed by atoms with E-state index in [1.54, 1.807) is 0 Å². The number of hydrogen-bond acceptors (Lipinski definition) is 6. The topological polar surface area (TPSA) is 86.3 Å². The maximum atomic E-state index is 12.9. The van der Waals surface area contributed by atoms with Crippen molar-refractivity contribution in [1.29, 1.82) is 0 Å². The molecule has 0 unspecified atom stereocenters. The van der Waals surface area contributed by atoms with Crippen molar-refractivity contribution < 1.29 is 9.53 Å². The van der Waals surface area contributed by atoms with Crippen LogP contribution in [0.4, 0.5) is 0 Å². The molecule has 3 aromatic rings. The summed E-state index contributed by atoms with van der Waals surface area (Å²) in [6.45, 7) is 7.08. The Kier molecular flexibility index (Phi) is 5.97. The van der Waals surface area contributed by atoms with E-state index in [2.05, 4.69) is 34.5 Å². The molecule has 0 bridgehead atoms. The van der Waals surface area contributed by atoms with Crippen molar-refractivity contribution in [2.75, 3.05) is 18.9 Å². The molecule has 4 rings (SSSR count). The summed E-state index contributed by atoms with van der Waals surface area (Å²) in [7, 11) is 0. The average molecular weight is 426 g/mol. The Hall–Kier alpha value is -2.58. The van der Waals surface area contributed by atoms with Gasteiger partial charge in [-0.25, -0.2) is 4.68 Å². The Labute approximate surface area is 180 Å². The fourth-order valence-corrected chi connectivity index (χ4v) is 4.82. The quantitative estimate of drug-likeness (QED) is 0.500. The lowest BCUT2D eigenvalue weighted by Gasteiger charge is -2.36. The van der Waals surface area contributed by atoms with Gasteiger partial charge in [0.2, 0.25) is 11.1 Å². The number of morpholine rings is 1. The van der Waals surface area contributed by atoms with Gasteiger partial charge in [0.1, 0.15) is 0 Å². The van der Waals surface area contributed by atoms with Crippen molar-refractivity contribution >= 4 is 28.4 Å². The lowest BCUT2D eigenvalue weighted by molar-refractivity contribution is -0.142. The number of amides is 1. The van der Waals surface area contributed by atoms with E-state index in [0.29, 0.717) is 30.5 Å². The number of benzene rings is 2. The van der Waals surface area contributed by atoms with E-state index >= 15 is 0 Å². The molecule has 3 atom stereocenters. The molecule has 1 saturated heterocycles. The van der Waals surface area contributed by atoms with Crippen LogP contribution in [0.25, 0.3) is 10.8 Å². The number of fused-ring (bicyclic) bond motifs is 1. The first kappa shape index (κ1) is 20.7. The van der Waals surface area contributed by atoms with E-state index in [4.69, 9.17) is 10.6 Å². The molecule has 0 aliphatic carbocycles. The maximum absolute atomic E-state index is 12.9. The number of nitrogens with zero attached hydrogens (tertiary/aromatic N) is 4. The van der Waals surface area contributed by atoms with Gasteiger partial charge in [-0.1, -0.05) is 54.2 Å². The summed E-state index contributed by atoms with van der Waals surface area (Å²) in [5.74, 6) is 7.03. The predicted molar refractivity (Wildman–Crippen MR) is 119 cm³/mol. The van der Waals surface area contributed by atoms with Crippen LogP contribution in [0.1, 0.15) is 32.2 Å². The second-order valence-corrected chi connectivity index (χ2v) is 9.15. The molecule has 0 saturated carbocycles. The van der Waals surface area contributed by atoms with E-state index in [1.165, 1.54) is 27.2 Å². The van der Waals surface area contributed by atoms with E-state index < -0.39 is 0 Å². The van der Waals surface area contributed by atoms with Gasteiger partial charge in [-0.15, -0.1) is 10.2 Å². The summed E-state index contributed by atoms with van der Waals surface area (Å²) >= 11 is 1.34. The molecule has 30 heavy (non-hydrogen) atoms. The predicted octanol–water partition coefficient (Wildman–Crippen LogP) is 2.85. The van der Waals surface area contributed by atoms with E-state index in [0.717, 1.165) is 5.56 Å². The number of carbonyl (C=O) groups excluding carboxylic acids is 1. The Morgan fingerprint density at radius 3 is 2.63 bits per heavy atom. The van der Waals surface area contributed by atoms with Gasteiger partial charge >= 0.3 is 0 Å². The van der Waals surface area contributed by atoms with Gasteiger partial charge in [-0.05, 0) is 37.1 Å². The van der Waals surface area contributed by atoms with Crippen molar-refractivity contribution in [1.82, 2.24) is 19.8 Å². The molecule has 0 spiro atoms. The van der Waals surface area contributed by atoms with Gasteiger partial charge in [0, 0.05) is 19.5 Å². The summed E-state index contributed by atoms with van der Waals surface area (Å²) in [5.41, 5.74) is 1.14. The lowest BCUT2D eigenvalue weighted by Crippen LogP contribution is -2.50. The SMILES string of the molecule is C[C@@H]1CN(C(=O)[C@@H](C)Sc2nnc(Cc3cccc4ccccc34)n2N)C[C@@H](C)O1. The van der Waals surface area contributed by atoms with Crippen LogP contribution in [0.3, 0.4) is 0 Å². The minimum Gasteiger partial charge on any atom is -0.372 e. The van der Waals surface area contributed by atoms with Crippen molar-refractivity contribution in [3.05, 3.63) is 53.9 Å². The smallest absolute Gasteiger partial charge is 0.236 e. The molecule has 2 aromatic carbocycles. The summed E-state index contributed by atoms with van der Waals surface area (Å²) in [4.78, 5) is 14.8. The molecule has 2 N–H and O–H groups in total. The summed E-state index contributed by atoms with van der Waals surface area (Å²) < 4.78 is 7.23. The fourth-order valence-electron chi connectivity index (χ4n) is 3.95. The minimum absolute atomic E-state index is 0.0420. The zero-order valence-electron chi connectivity index (χ0n) is 17.5.